The van der Waals surface area contributed by atoms with Crippen LogP contribution >= 0.6 is 0 Å². The van der Waals surface area contributed by atoms with Gasteiger partial charge in [-0.1, -0.05) is 6.07 Å². The lowest BCUT2D eigenvalue weighted by molar-refractivity contribution is 0.102. The van der Waals surface area contributed by atoms with E-state index in [-0.39, 0.29) is 11.4 Å². The van der Waals surface area contributed by atoms with Crippen molar-refractivity contribution in [3.63, 3.8) is 0 Å². The highest BCUT2D eigenvalue weighted by Crippen LogP contribution is 2.18. The average Bonchev–Trinajstić information content (AvgIpc) is 2.40. The van der Waals surface area contributed by atoms with Gasteiger partial charge in [-0.25, -0.2) is 12.8 Å². The zero-order valence-corrected chi connectivity index (χ0v) is 12.9. The van der Waals surface area contributed by atoms with E-state index in [2.05, 4.69) is 10.0 Å². The molecule has 0 aliphatic carbocycles. The molecule has 2 N–H and O–H groups in total. The van der Waals surface area contributed by atoms with E-state index in [0.29, 0.717) is 16.9 Å². The van der Waals surface area contributed by atoms with E-state index in [9.17, 15) is 17.6 Å². The first kappa shape index (κ1) is 16.0. The molecule has 0 aliphatic heterocycles. The van der Waals surface area contributed by atoms with Crippen LogP contribution in [0.3, 0.4) is 0 Å². The fourth-order valence-electron chi connectivity index (χ4n) is 1.90. The zero-order valence-electron chi connectivity index (χ0n) is 12.1. The molecule has 1 amide bonds. The summed E-state index contributed by atoms with van der Waals surface area (Å²) in [6.07, 6.45) is 1.03. The van der Waals surface area contributed by atoms with Gasteiger partial charge in [0.25, 0.3) is 5.91 Å². The molecule has 0 unspecified atom stereocenters. The Morgan fingerprint density at radius 2 is 1.86 bits per heavy atom. The number of hydrogen-bond acceptors (Lipinski definition) is 3. The smallest absolute Gasteiger partial charge is 0.255 e. The maximum Gasteiger partial charge on any atom is 0.255 e. The molecular formula is C15H15FN2O3S. The van der Waals surface area contributed by atoms with Gasteiger partial charge in [-0.2, -0.15) is 0 Å². The number of nitrogens with one attached hydrogen (secondary N) is 2. The van der Waals surface area contributed by atoms with E-state index in [0.717, 1.165) is 6.26 Å². The number of benzene rings is 2. The van der Waals surface area contributed by atoms with Gasteiger partial charge in [-0.05, 0) is 48.9 Å². The first-order chi connectivity index (χ1) is 10.2. The van der Waals surface area contributed by atoms with Crippen LogP contribution in [0.15, 0.2) is 42.5 Å². The summed E-state index contributed by atoms with van der Waals surface area (Å²) >= 11 is 0. The van der Waals surface area contributed by atoms with E-state index < -0.39 is 15.9 Å². The van der Waals surface area contributed by atoms with Crippen molar-refractivity contribution in [2.24, 2.45) is 0 Å². The van der Waals surface area contributed by atoms with Crippen LogP contribution in [0.4, 0.5) is 15.8 Å². The Hall–Kier alpha value is -2.41. The van der Waals surface area contributed by atoms with Crippen LogP contribution in [0.25, 0.3) is 0 Å². The highest BCUT2D eigenvalue weighted by molar-refractivity contribution is 7.92. The maximum atomic E-state index is 13.0. The van der Waals surface area contributed by atoms with Gasteiger partial charge < -0.3 is 5.32 Å². The van der Waals surface area contributed by atoms with Crippen molar-refractivity contribution in [3.05, 3.63) is 59.4 Å². The molecule has 0 bridgehead atoms. The summed E-state index contributed by atoms with van der Waals surface area (Å²) in [5, 5.41) is 2.66. The molecule has 0 radical (unpaired) electrons. The Kier molecular flexibility index (Phi) is 4.46. The predicted molar refractivity (Wildman–Crippen MR) is 84.0 cm³/mol. The number of halogens is 1. The molecule has 0 aromatic heterocycles. The van der Waals surface area contributed by atoms with Gasteiger partial charge in [-0.3, -0.25) is 9.52 Å². The van der Waals surface area contributed by atoms with Gasteiger partial charge in [0.1, 0.15) is 5.82 Å². The monoisotopic (exact) mass is 322 g/mol. The second-order valence-electron chi connectivity index (χ2n) is 4.87. The summed E-state index contributed by atoms with van der Waals surface area (Å²) in [6.45, 7) is 1.68. The Morgan fingerprint density at radius 1 is 1.14 bits per heavy atom. The average molecular weight is 322 g/mol. The van der Waals surface area contributed by atoms with Gasteiger partial charge in [0.2, 0.25) is 10.0 Å². The van der Waals surface area contributed by atoms with Crippen LogP contribution in [0, 0.1) is 12.7 Å². The molecule has 0 aliphatic rings. The number of aryl methyl sites for hydroxylation is 1. The van der Waals surface area contributed by atoms with Gasteiger partial charge in [0.05, 0.1) is 6.26 Å². The normalized spacial score (nSPS) is 11.0. The van der Waals surface area contributed by atoms with Crippen molar-refractivity contribution in [1.29, 1.82) is 0 Å². The van der Waals surface area contributed by atoms with Crippen molar-refractivity contribution in [2.75, 3.05) is 16.3 Å². The van der Waals surface area contributed by atoms with Crippen molar-refractivity contribution < 1.29 is 17.6 Å². The fraction of sp³-hybridized carbons (Fsp3) is 0.133. The molecule has 2 aromatic rings. The van der Waals surface area contributed by atoms with Crippen LogP contribution in [-0.2, 0) is 10.0 Å². The topological polar surface area (TPSA) is 75.3 Å². The first-order valence-electron chi connectivity index (χ1n) is 6.40. The number of carbonyl (C=O) groups excluding carboxylic acids is 1. The Labute approximate surface area is 128 Å². The molecule has 7 heteroatoms. The summed E-state index contributed by atoms with van der Waals surface area (Å²) in [5.41, 5.74) is 1.68. The van der Waals surface area contributed by atoms with E-state index in [1.54, 1.807) is 25.1 Å². The van der Waals surface area contributed by atoms with Crippen LogP contribution in [0.2, 0.25) is 0 Å². The van der Waals surface area contributed by atoms with Crippen molar-refractivity contribution in [3.8, 4) is 0 Å². The lowest BCUT2D eigenvalue weighted by Crippen LogP contribution is -2.14. The third kappa shape index (κ3) is 4.29. The summed E-state index contributed by atoms with van der Waals surface area (Å²) in [5.74, 6) is -0.790. The van der Waals surface area contributed by atoms with E-state index in [1.165, 1.54) is 24.3 Å². The number of carbonyl (C=O) groups is 1. The Morgan fingerprint density at radius 3 is 2.50 bits per heavy atom. The highest BCUT2D eigenvalue weighted by atomic mass is 32.2. The molecule has 0 heterocycles. The fourth-order valence-corrected chi connectivity index (χ4v) is 2.45. The molecule has 0 saturated carbocycles. The third-order valence-corrected chi connectivity index (χ3v) is 3.47. The molecule has 0 spiro atoms. The number of hydrogen-bond donors (Lipinski definition) is 2. The molecule has 5 nitrogen and oxygen atoms in total. The molecule has 2 aromatic carbocycles. The highest BCUT2D eigenvalue weighted by Gasteiger charge is 2.10. The molecule has 0 atom stereocenters. The Bertz CT molecular complexity index is 819. The molecule has 22 heavy (non-hydrogen) atoms. The second-order valence-corrected chi connectivity index (χ2v) is 6.62. The Balaban J connectivity index is 2.21. The SMILES string of the molecule is Cc1cc(F)ccc1NC(=O)c1cccc(NS(C)(=O)=O)c1. The standard InChI is InChI=1S/C15H15FN2O3S/c1-10-8-12(16)6-7-14(10)17-15(19)11-4-3-5-13(9-11)18-22(2,20)21/h3-9,18H,1-2H3,(H,17,19). The van der Waals surface area contributed by atoms with Crippen LogP contribution in [0.5, 0.6) is 0 Å². The molecule has 0 fully saturated rings. The largest absolute Gasteiger partial charge is 0.322 e. The van der Waals surface area contributed by atoms with E-state index in [4.69, 9.17) is 0 Å². The number of anilines is 2. The van der Waals surface area contributed by atoms with Crippen molar-refractivity contribution in [1.82, 2.24) is 0 Å². The number of sulfonamides is 1. The van der Waals surface area contributed by atoms with Gasteiger partial charge in [0.15, 0.2) is 0 Å². The van der Waals surface area contributed by atoms with E-state index >= 15 is 0 Å². The van der Waals surface area contributed by atoms with Crippen LogP contribution in [-0.4, -0.2) is 20.6 Å². The van der Waals surface area contributed by atoms with Crippen molar-refractivity contribution in [2.45, 2.75) is 6.92 Å². The minimum absolute atomic E-state index is 0.289. The second kappa shape index (κ2) is 6.15. The molecule has 2 rings (SSSR count). The maximum absolute atomic E-state index is 13.0. The first-order valence-corrected chi connectivity index (χ1v) is 8.29. The van der Waals surface area contributed by atoms with Gasteiger partial charge in [-0.15, -0.1) is 0 Å². The van der Waals surface area contributed by atoms with Gasteiger partial charge in [0, 0.05) is 16.9 Å². The quantitative estimate of drug-likeness (QED) is 0.909. The van der Waals surface area contributed by atoms with E-state index in [1.807, 2.05) is 0 Å². The third-order valence-electron chi connectivity index (χ3n) is 2.86. The van der Waals surface area contributed by atoms with Gasteiger partial charge >= 0.3 is 0 Å². The predicted octanol–water partition coefficient (Wildman–Crippen LogP) is 2.76. The lowest BCUT2D eigenvalue weighted by atomic mass is 10.1. The molecule has 116 valence electrons. The summed E-state index contributed by atoms with van der Waals surface area (Å²) in [7, 11) is -3.41. The lowest BCUT2D eigenvalue weighted by Gasteiger charge is -2.10. The van der Waals surface area contributed by atoms with Crippen molar-refractivity contribution >= 4 is 27.3 Å². The zero-order chi connectivity index (χ0) is 16.3. The number of rotatable bonds is 4. The minimum Gasteiger partial charge on any atom is -0.322 e. The molecule has 0 saturated heterocycles. The number of amides is 1. The summed E-state index contributed by atoms with van der Waals surface area (Å²) in [4.78, 5) is 12.2. The van der Waals surface area contributed by atoms with Crippen LogP contribution < -0.4 is 10.0 Å². The summed E-state index contributed by atoms with van der Waals surface area (Å²) < 4.78 is 37.7. The summed E-state index contributed by atoms with van der Waals surface area (Å²) in [6, 6.07) is 10.1. The minimum atomic E-state index is -3.41. The van der Waals surface area contributed by atoms with Crippen LogP contribution in [0.1, 0.15) is 15.9 Å². The molecular weight excluding hydrogens is 307 g/mol.